The number of hydrogen-bond donors (Lipinski definition) is 0. The Morgan fingerprint density at radius 2 is 1.57 bits per heavy atom. The molecule has 0 heterocycles. The van der Waals surface area contributed by atoms with Crippen LogP contribution in [0.2, 0.25) is 0 Å². The van der Waals surface area contributed by atoms with Gasteiger partial charge in [-0.3, -0.25) is 4.79 Å². The highest BCUT2D eigenvalue weighted by molar-refractivity contribution is 9.10. The van der Waals surface area contributed by atoms with E-state index in [2.05, 4.69) is 64.1 Å². The van der Waals surface area contributed by atoms with Crippen molar-refractivity contribution in [1.82, 2.24) is 0 Å². The van der Waals surface area contributed by atoms with Gasteiger partial charge in [-0.25, -0.2) is 4.79 Å². The van der Waals surface area contributed by atoms with Crippen molar-refractivity contribution in [3.63, 3.8) is 0 Å². The van der Waals surface area contributed by atoms with Crippen molar-refractivity contribution in [2.24, 2.45) is 56.7 Å². The summed E-state index contributed by atoms with van der Waals surface area (Å²) in [7, 11) is 1.60. The molecule has 10 unspecified atom stereocenters. The Bertz CT molecular complexity index is 1320. The zero-order valence-electron chi connectivity index (χ0n) is 28.3. The predicted molar refractivity (Wildman–Crippen MR) is 179 cm³/mol. The normalized spacial score (nSPS) is 43.9. The molecule has 0 saturated heterocycles. The summed E-state index contributed by atoms with van der Waals surface area (Å²) in [6.45, 7) is 19.1. The topological polar surface area (TPSA) is 52.6 Å². The largest absolute Gasteiger partial charge is 0.469 e. The number of allylic oxidation sites excluding steroid dienone is 1. The van der Waals surface area contributed by atoms with Gasteiger partial charge in [0.25, 0.3) is 0 Å². The van der Waals surface area contributed by atoms with Crippen molar-refractivity contribution in [3.05, 3.63) is 46.5 Å². The predicted octanol–water partition coefficient (Wildman–Crippen LogP) is 10.2. The van der Waals surface area contributed by atoms with Crippen LogP contribution in [0.3, 0.4) is 0 Å². The number of hydrogen-bond acceptors (Lipinski definition) is 4. The number of fused-ring (bicyclic) bond motifs is 7. The van der Waals surface area contributed by atoms with E-state index >= 15 is 0 Å². The van der Waals surface area contributed by atoms with Crippen LogP contribution in [-0.4, -0.2) is 25.2 Å². The summed E-state index contributed by atoms with van der Waals surface area (Å²) >= 11 is 3.47. The van der Waals surface area contributed by atoms with Gasteiger partial charge < -0.3 is 9.47 Å². The Morgan fingerprint density at radius 3 is 2.23 bits per heavy atom. The van der Waals surface area contributed by atoms with Crippen LogP contribution in [0, 0.1) is 56.7 Å². The summed E-state index contributed by atoms with van der Waals surface area (Å²) in [4.78, 5) is 26.8. The number of rotatable bonds is 5. The van der Waals surface area contributed by atoms with Gasteiger partial charge >= 0.3 is 11.9 Å². The third-order valence-electron chi connectivity index (χ3n) is 15.0. The van der Waals surface area contributed by atoms with Crippen LogP contribution in [-0.2, 0) is 14.3 Å². The highest BCUT2D eigenvalue weighted by atomic mass is 79.9. The molecule has 5 aliphatic carbocycles. The maximum atomic E-state index is 13.6. The van der Waals surface area contributed by atoms with Crippen molar-refractivity contribution in [1.29, 1.82) is 0 Å². The van der Waals surface area contributed by atoms with Gasteiger partial charge in [-0.15, -0.1) is 6.58 Å². The summed E-state index contributed by atoms with van der Waals surface area (Å²) in [5.41, 5.74) is 2.07. The molecular weight excluding hydrogens is 612 g/mol. The Hall–Kier alpha value is -1.62. The van der Waals surface area contributed by atoms with E-state index < -0.39 is 0 Å². The number of esters is 2. The fraction of sp³-hybridized carbons (Fsp3) is 0.744. The van der Waals surface area contributed by atoms with E-state index in [4.69, 9.17) is 9.47 Å². The molecule has 5 heteroatoms. The molecule has 1 aromatic rings. The molecule has 5 aliphatic rings. The maximum Gasteiger partial charge on any atom is 0.338 e. The molecule has 44 heavy (non-hydrogen) atoms. The van der Waals surface area contributed by atoms with Crippen molar-refractivity contribution < 1.29 is 19.1 Å². The van der Waals surface area contributed by atoms with Crippen LogP contribution in [0.5, 0.6) is 0 Å². The SMILES string of the molecule is C=C(C)CC1CCC2(C(=O)OC)CCC3(C)C(CCC4C5(C)CCC(OC(=O)c6ccc(Br)cc6)C(C)(C)C5CCC43C)C12. The number of ether oxygens (including phenoxy) is 2. The molecule has 5 fully saturated rings. The van der Waals surface area contributed by atoms with Crippen molar-refractivity contribution in [2.75, 3.05) is 7.11 Å². The molecule has 0 radical (unpaired) electrons. The first-order valence-electron chi connectivity index (χ1n) is 17.3. The average molecular weight is 668 g/mol. The van der Waals surface area contributed by atoms with E-state index in [9.17, 15) is 9.59 Å². The molecule has 0 amide bonds. The number of halogens is 1. The Labute approximate surface area is 274 Å². The lowest BCUT2D eigenvalue weighted by Crippen LogP contribution is -2.67. The minimum absolute atomic E-state index is 0.0504. The molecular formula is C39H55BrO4. The standard InChI is InChI=1S/C39H55BrO4/c1-24(2)23-26-15-20-39(34(42)43-8)22-21-37(6)28(32(26)39)13-14-30-36(5)18-17-31(35(3,4)29(36)16-19-38(30,37)7)44-33(41)25-9-11-27(40)12-10-25/h9-12,26,28-32H,1,13-23H2,2-8H3. The third-order valence-corrected chi connectivity index (χ3v) is 15.6. The van der Waals surface area contributed by atoms with Gasteiger partial charge in [-0.2, -0.15) is 0 Å². The molecule has 0 N–H and O–H groups in total. The molecule has 0 bridgehead atoms. The molecule has 5 saturated carbocycles. The molecule has 0 aliphatic heterocycles. The smallest absolute Gasteiger partial charge is 0.338 e. The van der Waals surface area contributed by atoms with Crippen LogP contribution in [0.25, 0.3) is 0 Å². The second-order valence-electron chi connectivity index (χ2n) is 17.1. The van der Waals surface area contributed by atoms with Gasteiger partial charge in [0.2, 0.25) is 0 Å². The van der Waals surface area contributed by atoms with Crippen molar-refractivity contribution in [2.45, 2.75) is 118 Å². The lowest BCUT2D eigenvalue weighted by atomic mass is 9.32. The van der Waals surface area contributed by atoms with Crippen LogP contribution in [0.1, 0.15) is 123 Å². The molecule has 10 atom stereocenters. The highest BCUT2D eigenvalue weighted by Crippen LogP contribution is 2.77. The third kappa shape index (κ3) is 4.54. The fourth-order valence-corrected chi connectivity index (χ4v) is 13.2. The summed E-state index contributed by atoms with van der Waals surface area (Å²) < 4.78 is 12.9. The quantitative estimate of drug-likeness (QED) is 0.232. The Morgan fingerprint density at radius 1 is 0.864 bits per heavy atom. The van der Waals surface area contributed by atoms with Gasteiger partial charge in [0.1, 0.15) is 6.10 Å². The van der Waals surface area contributed by atoms with Gasteiger partial charge in [0.05, 0.1) is 18.1 Å². The lowest BCUT2D eigenvalue weighted by Gasteiger charge is -2.72. The van der Waals surface area contributed by atoms with Gasteiger partial charge in [0, 0.05) is 9.89 Å². The zero-order chi connectivity index (χ0) is 31.9. The molecule has 0 spiro atoms. The number of methoxy groups -OCH3 is 1. The van der Waals surface area contributed by atoms with E-state index in [0.29, 0.717) is 35.2 Å². The zero-order valence-corrected chi connectivity index (χ0v) is 29.9. The lowest BCUT2D eigenvalue weighted by molar-refractivity contribution is -0.249. The van der Waals surface area contributed by atoms with Crippen LogP contribution in [0.15, 0.2) is 40.9 Å². The summed E-state index contributed by atoms with van der Waals surface area (Å²) in [6.07, 6.45) is 12.0. The van der Waals surface area contributed by atoms with E-state index in [-0.39, 0.29) is 45.1 Å². The molecule has 6 rings (SSSR count). The monoisotopic (exact) mass is 666 g/mol. The summed E-state index contributed by atoms with van der Waals surface area (Å²) in [6, 6.07) is 7.51. The highest BCUT2D eigenvalue weighted by Gasteiger charge is 2.72. The van der Waals surface area contributed by atoms with Crippen molar-refractivity contribution >= 4 is 27.9 Å². The number of benzene rings is 1. The van der Waals surface area contributed by atoms with Crippen LogP contribution in [0.4, 0.5) is 0 Å². The molecule has 1 aromatic carbocycles. The first kappa shape index (κ1) is 32.3. The van der Waals surface area contributed by atoms with Gasteiger partial charge in [-0.1, -0.05) is 56.1 Å². The molecule has 0 aromatic heterocycles. The summed E-state index contributed by atoms with van der Waals surface area (Å²) in [5.74, 6) is 2.44. The maximum absolute atomic E-state index is 13.6. The first-order valence-corrected chi connectivity index (χ1v) is 18.1. The van der Waals surface area contributed by atoms with Gasteiger partial charge in [0.15, 0.2) is 0 Å². The number of carbonyl (C=O) groups excluding carboxylic acids is 2. The average Bonchev–Trinajstić information content (AvgIpc) is 3.33. The Balaban J connectivity index is 1.29. The first-order chi connectivity index (χ1) is 20.6. The Kier molecular flexibility index (Phi) is 8.07. The van der Waals surface area contributed by atoms with Crippen LogP contribution >= 0.6 is 15.9 Å². The van der Waals surface area contributed by atoms with Gasteiger partial charge in [-0.05, 0) is 148 Å². The minimum atomic E-state index is -0.317. The fourth-order valence-electron chi connectivity index (χ4n) is 12.9. The minimum Gasteiger partial charge on any atom is -0.469 e. The molecule has 4 nitrogen and oxygen atoms in total. The second kappa shape index (κ2) is 11.0. The van der Waals surface area contributed by atoms with Crippen molar-refractivity contribution in [3.8, 4) is 0 Å². The van der Waals surface area contributed by atoms with E-state index in [1.165, 1.54) is 31.3 Å². The van der Waals surface area contributed by atoms with E-state index in [0.717, 1.165) is 49.4 Å². The summed E-state index contributed by atoms with van der Waals surface area (Å²) in [5, 5.41) is 0. The van der Waals surface area contributed by atoms with E-state index in [1.807, 2.05) is 24.3 Å². The second-order valence-corrected chi connectivity index (χ2v) is 18.0. The number of carbonyl (C=O) groups is 2. The van der Waals surface area contributed by atoms with Crippen LogP contribution < -0.4 is 0 Å². The molecule has 242 valence electrons. The van der Waals surface area contributed by atoms with E-state index in [1.54, 1.807) is 7.11 Å².